The van der Waals surface area contributed by atoms with Gasteiger partial charge in [0.1, 0.15) is 23.9 Å². The Kier molecular flexibility index (Phi) is 5.32. The van der Waals surface area contributed by atoms with Gasteiger partial charge in [0.25, 0.3) is 5.91 Å². The molecule has 0 aliphatic rings. The predicted octanol–water partition coefficient (Wildman–Crippen LogP) is 4.65. The molecule has 128 valence electrons. The van der Waals surface area contributed by atoms with Crippen molar-refractivity contribution in [1.82, 2.24) is 9.97 Å². The van der Waals surface area contributed by atoms with Crippen LogP contribution < -0.4 is 10.6 Å². The van der Waals surface area contributed by atoms with Gasteiger partial charge in [-0.25, -0.2) is 9.97 Å². The Hall–Kier alpha value is -3.14. The molecule has 3 rings (SSSR count). The second kappa shape index (κ2) is 7.83. The van der Waals surface area contributed by atoms with E-state index >= 15 is 0 Å². The molecule has 1 amide bonds. The summed E-state index contributed by atoms with van der Waals surface area (Å²) in [6, 6.07) is 15.3. The lowest BCUT2D eigenvalue weighted by atomic mass is 10.2. The lowest BCUT2D eigenvalue weighted by molar-refractivity contribution is 0.102. The third-order valence-corrected chi connectivity index (χ3v) is 4.13. The molecule has 1 heterocycles. The summed E-state index contributed by atoms with van der Waals surface area (Å²) < 4.78 is 0. The number of hydrogen-bond donors (Lipinski definition) is 2. The fraction of sp³-hybridized carbons (Fsp3) is 0. The number of hydrogen-bond acceptors (Lipinski definition) is 5. The Bertz CT molecular complexity index is 1020. The minimum atomic E-state index is -0.452. The summed E-state index contributed by atoms with van der Waals surface area (Å²) in [6.07, 6.45) is 1.27. The number of carbonyl (C=O) groups is 1. The number of halogens is 2. The number of aromatic nitrogens is 2. The Labute approximate surface area is 159 Å². The molecule has 2 N–H and O–H groups in total. The van der Waals surface area contributed by atoms with Crippen molar-refractivity contribution in [1.29, 1.82) is 5.26 Å². The normalized spacial score (nSPS) is 10.0. The van der Waals surface area contributed by atoms with Crippen LogP contribution in [0.1, 0.15) is 16.1 Å². The van der Waals surface area contributed by atoms with E-state index in [4.69, 9.17) is 28.5 Å². The summed E-state index contributed by atoms with van der Waals surface area (Å²) in [6.45, 7) is 0. The van der Waals surface area contributed by atoms with Crippen molar-refractivity contribution in [2.75, 3.05) is 10.6 Å². The highest BCUT2D eigenvalue weighted by Crippen LogP contribution is 2.26. The summed E-state index contributed by atoms with van der Waals surface area (Å²) in [7, 11) is 0. The van der Waals surface area contributed by atoms with Gasteiger partial charge in [0.05, 0.1) is 21.3 Å². The summed E-state index contributed by atoms with van der Waals surface area (Å²) in [5.41, 5.74) is 1.59. The lowest BCUT2D eigenvalue weighted by Crippen LogP contribution is -2.15. The van der Waals surface area contributed by atoms with Crippen LogP contribution in [0, 0.1) is 11.3 Å². The molecule has 8 heteroatoms. The highest BCUT2D eigenvalue weighted by molar-refractivity contribution is 6.42. The van der Waals surface area contributed by atoms with Gasteiger partial charge in [-0.1, -0.05) is 35.3 Å². The van der Waals surface area contributed by atoms with Gasteiger partial charge < -0.3 is 10.6 Å². The maximum absolute atomic E-state index is 12.4. The van der Waals surface area contributed by atoms with Gasteiger partial charge in [0.15, 0.2) is 0 Å². The van der Waals surface area contributed by atoms with Crippen molar-refractivity contribution in [3.8, 4) is 6.07 Å². The smallest absolute Gasteiger partial charge is 0.274 e. The molecule has 0 atom stereocenters. The standard InChI is InChI=1S/C18H11Cl2N5O/c19-13-6-5-12(7-14(13)20)24-17-8-16(22-10-23-17)18(26)25-15-4-2-1-3-11(15)9-21/h1-8,10H,(H,25,26)(H,22,23,24). The van der Waals surface area contributed by atoms with E-state index in [9.17, 15) is 4.79 Å². The number of para-hydroxylation sites is 1. The average molecular weight is 384 g/mol. The molecule has 0 bridgehead atoms. The highest BCUT2D eigenvalue weighted by atomic mass is 35.5. The molecule has 6 nitrogen and oxygen atoms in total. The second-order valence-corrected chi connectivity index (χ2v) is 5.97. The number of anilines is 3. The van der Waals surface area contributed by atoms with E-state index in [1.807, 2.05) is 6.07 Å². The predicted molar refractivity (Wildman–Crippen MR) is 101 cm³/mol. The number of carbonyl (C=O) groups excluding carboxylic acids is 1. The zero-order valence-electron chi connectivity index (χ0n) is 13.2. The second-order valence-electron chi connectivity index (χ2n) is 5.15. The monoisotopic (exact) mass is 383 g/mol. The molecule has 0 radical (unpaired) electrons. The number of nitrogens with zero attached hydrogens (tertiary/aromatic N) is 3. The molecule has 0 fully saturated rings. The molecular formula is C18H11Cl2N5O. The number of nitrogens with one attached hydrogen (secondary N) is 2. The third-order valence-electron chi connectivity index (χ3n) is 3.39. The molecule has 2 aromatic carbocycles. The SMILES string of the molecule is N#Cc1ccccc1NC(=O)c1cc(Nc2ccc(Cl)c(Cl)c2)ncn1. The van der Waals surface area contributed by atoms with Crippen molar-refractivity contribution in [2.24, 2.45) is 0 Å². The van der Waals surface area contributed by atoms with Crippen LogP contribution in [0.4, 0.5) is 17.2 Å². The van der Waals surface area contributed by atoms with E-state index in [0.29, 0.717) is 32.8 Å². The van der Waals surface area contributed by atoms with Crippen LogP contribution in [-0.4, -0.2) is 15.9 Å². The van der Waals surface area contributed by atoms with Crippen LogP contribution in [0.5, 0.6) is 0 Å². The number of benzene rings is 2. The van der Waals surface area contributed by atoms with Crippen molar-refractivity contribution >= 4 is 46.3 Å². The molecule has 26 heavy (non-hydrogen) atoms. The molecule has 1 aromatic heterocycles. The van der Waals surface area contributed by atoms with Crippen molar-refractivity contribution in [3.05, 3.63) is 76.2 Å². The van der Waals surface area contributed by atoms with Crippen LogP contribution in [0.2, 0.25) is 10.0 Å². The molecule has 0 aliphatic carbocycles. The van der Waals surface area contributed by atoms with Gasteiger partial charge in [-0.3, -0.25) is 4.79 Å². The first kappa shape index (κ1) is 17.7. The average Bonchev–Trinajstić information content (AvgIpc) is 2.65. The number of amides is 1. The third kappa shape index (κ3) is 4.09. The lowest BCUT2D eigenvalue weighted by Gasteiger charge is -2.09. The molecule has 0 saturated carbocycles. The zero-order valence-corrected chi connectivity index (χ0v) is 14.7. The molecule has 0 aliphatic heterocycles. The summed E-state index contributed by atoms with van der Waals surface area (Å²) in [5, 5.41) is 15.6. The topological polar surface area (TPSA) is 90.7 Å². The highest BCUT2D eigenvalue weighted by Gasteiger charge is 2.11. The van der Waals surface area contributed by atoms with Gasteiger partial charge in [-0.2, -0.15) is 5.26 Å². The van der Waals surface area contributed by atoms with Crippen LogP contribution in [0.15, 0.2) is 54.9 Å². The minimum Gasteiger partial charge on any atom is -0.340 e. The van der Waals surface area contributed by atoms with E-state index in [0.717, 1.165) is 0 Å². The number of nitriles is 1. The fourth-order valence-corrected chi connectivity index (χ4v) is 2.45. The van der Waals surface area contributed by atoms with Crippen LogP contribution in [0.3, 0.4) is 0 Å². The summed E-state index contributed by atoms with van der Waals surface area (Å²) >= 11 is 11.9. The zero-order chi connectivity index (χ0) is 18.5. The maximum atomic E-state index is 12.4. The van der Waals surface area contributed by atoms with Gasteiger partial charge >= 0.3 is 0 Å². The van der Waals surface area contributed by atoms with E-state index in [-0.39, 0.29) is 5.69 Å². The first-order valence-electron chi connectivity index (χ1n) is 7.41. The van der Waals surface area contributed by atoms with Crippen LogP contribution >= 0.6 is 23.2 Å². The first-order chi connectivity index (χ1) is 12.6. The maximum Gasteiger partial charge on any atom is 0.274 e. The van der Waals surface area contributed by atoms with E-state index in [1.165, 1.54) is 12.4 Å². The first-order valence-corrected chi connectivity index (χ1v) is 8.17. The van der Waals surface area contributed by atoms with Gasteiger partial charge in [0, 0.05) is 11.8 Å². The van der Waals surface area contributed by atoms with Crippen LogP contribution in [0.25, 0.3) is 0 Å². The van der Waals surface area contributed by atoms with Crippen molar-refractivity contribution in [2.45, 2.75) is 0 Å². The molecule has 0 unspecified atom stereocenters. The fourth-order valence-electron chi connectivity index (χ4n) is 2.15. The molecule has 0 saturated heterocycles. The quantitative estimate of drug-likeness (QED) is 0.683. The van der Waals surface area contributed by atoms with E-state index in [2.05, 4.69) is 20.6 Å². The van der Waals surface area contributed by atoms with Gasteiger partial charge in [0.2, 0.25) is 0 Å². The van der Waals surface area contributed by atoms with E-state index in [1.54, 1.807) is 42.5 Å². The molecular weight excluding hydrogens is 373 g/mol. The van der Waals surface area contributed by atoms with Crippen molar-refractivity contribution in [3.63, 3.8) is 0 Å². The van der Waals surface area contributed by atoms with Crippen molar-refractivity contribution < 1.29 is 4.79 Å². The number of rotatable bonds is 4. The minimum absolute atomic E-state index is 0.148. The Morgan fingerprint density at radius 2 is 1.85 bits per heavy atom. The molecule has 0 spiro atoms. The van der Waals surface area contributed by atoms with E-state index < -0.39 is 5.91 Å². The van der Waals surface area contributed by atoms with Crippen LogP contribution in [-0.2, 0) is 0 Å². The summed E-state index contributed by atoms with van der Waals surface area (Å²) in [5.74, 6) is -0.0376. The summed E-state index contributed by atoms with van der Waals surface area (Å²) in [4.78, 5) is 20.5. The Balaban J connectivity index is 1.79. The Morgan fingerprint density at radius 3 is 2.62 bits per heavy atom. The molecule has 3 aromatic rings. The Morgan fingerprint density at radius 1 is 1.04 bits per heavy atom. The largest absolute Gasteiger partial charge is 0.340 e. The van der Waals surface area contributed by atoms with Gasteiger partial charge in [-0.05, 0) is 30.3 Å². The van der Waals surface area contributed by atoms with Gasteiger partial charge in [-0.15, -0.1) is 0 Å².